The van der Waals surface area contributed by atoms with E-state index < -0.39 is 0 Å². The molecule has 4 rings (SSSR count). The summed E-state index contributed by atoms with van der Waals surface area (Å²) in [6, 6.07) is 4.14. The van der Waals surface area contributed by atoms with Gasteiger partial charge in [0.05, 0.1) is 11.3 Å². The summed E-state index contributed by atoms with van der Waals surface area (Å²) in [5.74, 6) is 1.04. The molecular weight excluding hydrogens is 318 g/mol. The zero-order chi connectivity index (χ0) is 17.1. The molecule has 132 valence electrons. The van der Waals surface area contributed by atoms with E-state index in [9.17, 15) is 4.79 Å². The molecule has 2 saturated heterocycles. The minimum Gasteiger partial charge on any atom is -0.381 e. The molecule has 0 saturated carbocycles. The van der Waals surface area contributed by atoms with Crippen molar-refractivity contribution in [1.29, 1.82) is 0 Å². The van der Waals surface area contributed by atoms with Gasteiger partial charge in [0.1, 0.15) is 12.1 Å². The number of piperidine rings is 1. The molecule has 4 heterocycles. The Morgan fingerprint density at radius 2 is 2.08 bits per heavy atom. The number of pyridine rings is 1. The molecule has 2 aromatic heterocycles. The molecule has 0 aliphatic carbocycles. The highest BCUT2D eigenvalue weighted by Gasteiger charge is 2.29. The molecule has 0 bridgehead atoms. The predicted molar refractivity (Wildman–Crippen MR) is 94.3 cm³/mol. The van der Waals surface area contributed by atoms with E-state index in [4.69, 9.17) is 4.74 Å². The fraction of sp³-hybridized carbons (Fsp3) is 0.556. The molecule has 7 nitrogen and oxygen atoms in total. The minimum atomic E-state index is -0.00159. The average molecular weight is 341 g/mol. The van der Waals surface area contributed by atoms with Crippen LogP contribution in [0.2, 0.25) is 0 Å². The van der Waals surface area contributed by atoms with Crippen LogP contribution < -0.4 is 10.2 Å². The van der Waals surface area contributed by atoms with E-state index in [1.54, 1.807) is 12.5 Å². The van der Waals surface area contributed by atoms with Gasteiger partial charge in [-0.05, 0) is 37.8 Å². The average Bonchev–Trinajstić information content (AvgIpc) is 2.68. The normalized spacial score (nSPS) is 22.1. The Bertz CT molecular complexity index is 742. The van der Waals surface area contributed by atoms with Crippen molar-refractivity contribution >= 4 is 22.8 Å². The van der Waals surface area contributed by atoms with Crippen LogP contribution in [-0.4, -0.2) is 53.2 Å². The van der Waals surface area contributed by atoms with Crippen LogP contribution in [0.5, 0.6) is 0 Å². The summed E-state index contributed by atoms with van der Waals surface area (Å²) >= 11 is 0. The number of anilines is 1. The van der Waals surface area contributed by atoms with Crippen LogP contribution in [0.4, 0.5) is 5.82 Å². The van der Waals surface area contributed by atoms with Gasteiger partial charge in [0.15, 0.2) is 5.65 Å². The first kappa shape index (κ1) is 16.2. The highest BCUT2D eigenvalue weighted by molar-refractivity contribution is 5.87. The SMILES string of the molecule is O=C(NC1CCOCC1)C1CCCN(c2ncnc3ncccc23)C1. The minimum absolute atomic E-state index is 0.00159. The van der Waals surface area contributed by atoms with Gasteiger partial charge in [0.25, 0.3) is 0 Å². The molecule has 1 amide bonds. The smallest absolute Gasteiger partial charge is 0.225 e. The van der Waals surface area contributed by atoms with Gasteiger partial charge in [0, 0.05) is 38.5 Å². The summed E-state index contributed by atoms with van der Waals surface area (Å²) in [5, 5.41) is 4.15. The van der Waals surface area contributed by atoms with Crippen molar-refractivity contribution in [3.05, 3.63) is 24.7 Å². The topological polar surface area (TPSA) is 80.2 Å². The number of ether oxygens (including phenoxy) is 1. The second-order valence-corrected chi connectivity index (χ2v) is 6.75. The largest absolute Gasteiger partial charge is 0.381 e. The number of hydrogen-bond donors (Lipinski definition) is 1. The van der Waals surface area contributed by atoms with Crippen molar-refractivity contribution in [2.75, 3.05) is 31.2 Å². The summed E-state index contributed by atoms with van der Waals surface area (Å²) in [5.41, 5.74) is 0.696. The molecular formula is C18H23N5O2. The lowest BCUT2D eigenvalue weighted by Gasteiger charge is -2.34. The van der Waals surface area contributed by atoms with E-state index in [1.165, 1.54) is 0 Å². The van der Waals surface area contributed by atoms with Crippen molar-refractivity contribution in [3.8, 4) is 0 Å². The number of hydrogen-bond acceptors (Lipinski definition) is 6. The predicted octanol–water partition coefficient (Wildman–Crippen LogP) is 1.54. The molecule has 1 unspecified atom stereocenters. The summed E-state index contributed by atoms with van der Waals surface area (Å²) in [7, 11) is 0. The lowest BCUT2D eigenvalue weighted by molar-refractivity contribution is -0.126. The Hall–Kier alpha value is -2.28. The zero-order valence-corrected chi connectivity index (χ0v) is 14.2. The first-order chi connectivity index (χ1) is 12.3. The third kappa shape index (κ3) is 3.56. The second-order valence-electron chi connectivity index (χ2n) is 6.75. The first-order valence-corrected chi connectivity index (χ1v) is 9.00. The standard InChI is InChI=1S/C18H23N5O2/c24-18(22-14-5-9-25-10-6-14)13-3-2-8-23(11-13)17-15-4-1-7-19-16(15)20-12-21-17/h1,4,7,12-14H,2-3,5-6,8-11H2,(H,22,24). The molecule has 7 heteroatoms. The zero-order valence-electron chi connectivity index (χ0n) is 14.2. The van der Waals surface area contributed by atoms with Crippen molar-refractivity contribution in [1.82, 2.24) is 20.3 Å². The van der Waals surface area contributed by atoms with Gasteiger partial charge in [-0.3, -0.25) is 4.79 Å². The van der Waals surface area contributed by atoms with E-state index in [-0.39, 0.29) is 17.9 Å². The first-order valence-electron chi connectivity index (χ1n) is 9.00. The fourth-order valence-corrected chi connectivity index (χ4v) is 3.68. The number of nitrogens with zero attached hydrogens (tertiary/aromatic N) is 4. The summed E-state index contributed by atoms with van der Waals surface area (Å²) in [4.78, 5) is 27.9. The van der Waals surface area contributed by atoms with E-state index in [0.717, 1.165) is 56.6 Å². The number of aromatic nitrogens is 3. The van der Waals surface area contributed by atoms with Crippen molar-refractivity contribution in [2.24, 2.45) is 5.92 Å². The Kier molecular flexibility index (Phi) is 4.74. The highest BCUT2D eigenvalue weighted by atomic mass is 16.5. The number of rotatable bonds is 3. The van der Waals surface area contributed by atoms with Crippen LogP contribution in [0.3, 0.4) is 0 Å². The molecule has 0 spiro atoms. The molecule has 0 radical (unpaired) electrons. The maximum atomic E-state index is 12.7. The Morgan fingerprint density at radius 3 is 2.96 bits per heavy atom. The van der Waals surface area contributed by atoms with Crippen molar-refractivity contribution in [3.63, 3.8) is 0 Å². The van der Waals surface area contributed by atoms with Gasteiger partial charge >= 0.3 is 0 Å². The van der Waals surface area contributed by atoms with Crippen LogP contribution in [0.25, 0.3) is 11.0 Å². The maximum Gasteiger partial charge on any atom is 0.225 e. The van der Waals surface area contributed by atoms with E-state index in [0.29, 0.717) is 12.2 Å². The van der Waals surface area contributed by atoms with Gasteiger partial charge in [-0.25, -0.2) is 15.0 Å². The van der Waals surface area contributed by atoms with E-state index >= 15 is 0 Å². The third-order valence-corrected chi connectivity index (χ3v) is 5.05. The number of carbonyl (C=O) groups is 1. The van der Waals surface area contributed by atoms with Gasteiger partial charge in [0.2, 0.25) is 5.91 Å². The van der Waals surface area contributed by atoms with Crippen LogP contribution in [0, 0.1) is 5.92 Å². The maximum absolute atomic E-state index is 12.7. The molecule has 1 atom stereocenters. The van der Waals surface area contributed by atoms with Crippen molar-refractivity contribution < 1.29 is 9.53 Å². The number of fused-ring (bicyclic) bond motifs is 1. The second kappa shape index (κ2) is 7.31. The van der Waals surface area contributed by atoms with Crippen LogP contribution in [0.1, 0.15) is 25.7 Å². The quantitative estimate of drug-likeness (QED) is 0.912. The molecule has 2 aromatic rings. The highest BCUT2D eigenvalue weighted by Crippen LogP contribution is 2.26. The Balaban J connectivity index is 1.47. The Labute approximate surface area is 146 Å². The molecule has 2 aliphatic heterocycles. The number of carbonyl (C=O) groups excluding carboxylic acids is 1. The summed E-state index contributed by atoms with van der Waals surface area (Å²) in [6.45, 7) is 3.07. The molecule has 1 N–H and O–H groups in total. The van der Waals surface area contributed by atoms with Crippen molar-refractivity contribution in [2.45, 2.75) is 31.7 Å². The van der Waals surface area contributed by atoms with Gasteiger partial charge in [-0.15, -0.1) is 0 Å². The van der Waals surface area contributed by atoms with Gasteiger partial charge < -0.3 is 15.0 Å². The number of amides is 1. The van der Waals surface area contributed by atoms with Crippen LogP contribution >= 0.6 is 0 Å². The summed E-state index contributed by atoms with van der Waals surface area (Å²) < 4.78 is 5.36. The third-order valence-electron chi connectivity index (χ3n) is 5.05. The lowest BCUT2D eigenvalue weighted by Crippen LogP contribution is -2.47. The van der Waals surface area contributed by atoms with Gasteiger partial charge in [-0.2, -0.15) is 0 Å². The van der Waals surface area contributed by atoms with Gasteiger partial charge in [-0.1, -0.05) is 0 Å². The molecule has 2 fully saturated rings. The van der Waals surface area contributed by atoms with Crippen LogP contribution in [0.15, 0.2) is 24.7 Å². The van der Waals surface area contributed by atoms with Crippen LogP contribution in [-0.2, 0) is 9.53 Å². The lowest BCUT2D eigenvalue weighted by atomic mass is 9.96. The summed E-state index contributed by atoms with van der Waals surface area (Å²) in [6.07, 6.45) is 7.01. The molecule has 2 aliphatic rings. The fourth-order valence-electron chi connectivity index (χ4n) is 3.68. The molecule has 0 aromatic carbocycles. The Morgan fingerprint density at radius 1 is 1.20 bits per heavy atom. The van der Waals surface area contributed by atoms with E-state index in [2.05, 4.69) is 25.2 Å². The molecule has 25 heavy (non-hydrogen) atoms. The van der Waals surface area contributed by atoms with E-state index in [1.807, 2.05) is 12.1 Å². The number of nitrogens with one attached hydrogen (secondary N) is 1. The monoisotopic (exact) mass is 341 g/mol.